The lowest BCUT2D eigenvalue weighted by Crippen LogP contribution is -2.43. The molecule has 0 amide bonds. The van der Waals surface area contributed by atoms with E-state index in [9.17, 15) is 0 Å². The van der Waals surface area contributed by atoms with Crippen LogP contribution in [0.25, 0.3) is 0 Å². The predicted molar refractivity (Wildman–Crippen MR) is 71.1 cm³/mol. The Hall–Kier alpha value is -1.19. The molecule has 17 heavy (non-hydrogen) atoms. The van der Waals surface area contributed by atoms with Gasteiger partial charge in [-0.15, -0.1) is 11.3 Å². The van der Waals surface area contributed by atoms with Gasteiger partial charge in [0.15, 0.2) is 0 Å². The average Bonchev–Trinajstić information content (AvgIpc) is 2.76. The third kappa shape index (κ3) is 2.13. The molecular formula is C14H16N2S. The van der Waals surface area contributed by atoms with Crippen LogP contribution >= 0.6 is 11.3 Å². The van der Waals surface area contributed by atoms with Crippen molar-refractivity contribution in [2.45, 2.75) is 31.2 Å². The van der Waals surface area contributed by atoms with Gasteiger partial charge in [-0.3, -0.25) is 0 Å². The first kappa shape index (κ1) is 10.9. The summed E-state index contributed by atoms with van der Waals surface area (Å²) in [5.74, 6) is 0. The summed E-state index contributed by atoms with van der Waals surface area (Å²) in [7, 11) is 0. The van der Waals surface area contributed by atoms with E-state index in [0.717, 1.165) is 30.0 Å². The van der Waals surface area contributed by atoms with Crippen molar-refractivity contribution >= 4 is 11.3 Å². The molecule has 0 unspecified atom stereocenters. The standard InChI is InChI=1S/C14H16N2S/c15-14(7-4-8-14)13-16-12(10-17-13)9-11-5-2-1-3-6-11/h1-3,5-6,10H,4,7-9,15H2. The topological polar surface area (TPSA) is 38.9 Å². The van der Waals surface area contributed by atoms with Crippen LogP contribution in [0.15, 0.2) is 35.7 Å². The molecule has 0 atom stereocenters. The Kier molecular flexibility index (Phi) is 2.73. The minimum atomic E-state index is -0.112. The number of nitrogens with two attached hydrogens (primary N) is 1. The monoisotopic (exact) mass is 244 g/mol. The lowest BCUT2D eigenvalue weighted by Gasteiger charge is -2.35. The Labute approximate surface area is 106 Å². The van der Waals surface area contributed by atoms with Crippen molar-refractivity contribution in [3.63, 3.8) is 0 Å². The molecule has 0 saturated heterocycles. The van der Waals surface area contributed by atoms with Gasteiger partial charge in [0.1, 0.15) is 5.01 Å². The number of aromatic nitrogens is 1. The van der Waals surface area contributed by atoms with Crippen molar-refractivity contribution < 1.29 is 0 Å². The third-order valence-electron chi connectivity index (χ3n) is 3.45. The smallest absolute Gasteiger partial charge is 0.113 e. The SMILES string of the molecule is NC1(c2nc(Cc3ccccc3)cs2)CCC1. The summed E-state index contributed by atoms with van der Waals surface area (Å²) in [4.78, 5) is 4.69. The van der Waals surface area contributed by atoms with Crippen molar-refractivity contribution in [3.8, 4) is 0 Å². The maximum atomic E-state index is 6.28. The van der Waals surface area contributed by atoms with Crippen LogP contribution in [-0.4, -0.2) is 4.98 Å². The van der Waals surface area contributed by atoms with E-state index in [1.165, 1.54) is 12.0 Å². The molecule has 0 radical (unpaired) electrons. The fourth-order valence-corrected chi connectivity index (χ4v) is 3.19. The molecule has 3 heteroatoms. The molecule has 0 bridgehead atoms. The average molecular weight is 244 g/mol. The van der Waals surface area contributed by atoms with Gasteiger partial charge < -0.3 is 5.73 Å². The molecule has 2 nitrogen and oxygen atoms in total. The van der Waals surface area contributed by atoms with Gasteiger partial charge in [-0.1, -0.05) is 30.3 Å². The van der Waals surface area contributed by atoms with E-state index in [1.807, 2.05) is 6.07 Å². The molecule has 2 aromatic rings. The highest BCUT2D eigenvalue weighted by atomic mass is 32.1. The Morgan fingerprint density at radius 1 is 1.24 bits per heavy atom. The fourth-order valence-electron chi connectivity index (χ4n) is 2.19. The summed E-state index contributed by atoms with van der Waals surface area (Å²) in [6.07, 6.45) is 4.33. The van der Waals surface area contributed by atoms with Gasteiger partial charge in [-0.05, 0) is 24.8 Å². The van der Waals surface area contributed by atoms with Crippen LogP contribution in [0.4, 0.5) is 0 Å². The summed E-state index contributed by atoms with van der Waals surface area (Å²) in [5.41, 5.74) is 8.62. The number of hydrogen-bond acceptors (Lipinski definition) is 3. The molecule has 2 N–H and O–H groups in total. The molecular weight excluding hydrogens is 228 g/mol. The zero-order valence-corrected chi connectivity index (χ0v) is 10.5. The number of hydrogen-bond donors (Lipinski definition) is 1. The third-order valence-corrected chi connectivity index (χ3v) is 4.56. The minimum Gasteiger partial charge on any atom is -0.319 e. The van der Waals surface area contributed by atoms with Crippen LogP contribution in [0.5, 0.6) is 0 Å². The van der Waals surface area contributed by atoms with E-state index in [0.29, 0.717) is 0 Å². The van der Waals surface area contributed by atoms with Gasteiger partial charge in [0.2, 0.25) is 0 Å². The number of rotatable bonds is 3. The van der Waals surface area contributed by atoms with Crippen LogP contribution in [0.2, 0.25) is 0 Å². The maximum absolute atomic E-state index is 6.28. The van der Waals surface area contributed by atoms with Crippen molar-refractivity contribution in [2.24, 2.45) is 5.73 Å². The molecule has 1 saturated carbocycles. The second-order valence-corrected chi connectivity index (χ2v) is 5.67. The fraction of sp³-hybridized carbons (Fsp3) is 0.357. The zero-order valence-electron chi connectivity index (χ0n) is 9.73. The first-order valence-electron chi connectivity index (χ1n) is 6.04. The summed E-state index contributed by atoms with van der Waals surface area (Å²) in [6.45, 7) is 0. The van der Waals surface area contributed by atoms with E-state index >= 15 is 0 Å². The van der Waals surface area contributed by atoms with E-state index in [1.54, 1.807) is 11.3 Å². The molecule has 1 fully saturated rings. The minimum absolute atomic E-state index is 0.112. The molecule has 1 aliphatic rings. The Balaban J connectivity index is 1.77. The Morgan fingerprint density at radius 2 is 2.00 bits per heavy atom. The van der Waals surface area contributed by atoms with Crippen LogP contribution in [0.1, 0.15) is 35.5 Å². The highest BCUT2D eigenvalue weighted by Crippen LogP contribution is 2.40. The molecule has 88 valence electrons. The first-order valence-corrected chi connectivity index (χ1v) is 6.92. The van der Waals surface area contributed by atoms with E-state index < -0.39 is 0 Å². The molecule has 0 aliphatic heterocycles. The largest absolute Gasteiger partial charge is 0.319 e. The summed E-state index contributed by atoms with van der Waals surface area (Å²) >= 11 is 1.72. The summed E-state index contributed by atoms with van der Waals surface area (Å²) < 4.78 is 0. The van der Waals surface area contributed by atoms with Crippen molar-refractivity contribution in [2.75, 3.05) is 0 Å². The normalized spacial score (nSPS) is 17.7. The van der Waals surface area contributed by atoms with Crippen LogP contribution in [0.3, 0.4) is 0 Å². The van der Waals surface area contributed by atoms with Crippen molar-refractivity contribution in [1.82, 2.24) is 4.98 Å². The Bertz CT molecular complexity index is 500. The zero-order chi connectivity index (χ0) is 11.7. The highest BCUT2D eigenvalue weighted by Gasteiger charge is 2.37. The maximum Gasteiger partial charge on any atom is 0.113 e. The van der Waals surface area contributed by atoms with Gasteiger partial charge in [0.25, 0.3) is 0 Å². The molecule has 1 heterocycles. The summed E-state index contributed by atoms with van der Waals surface area (Å²) in [5, 5.41) is 3.27. The number of thiazole rings is 1. The quantitative estimate of drug-likeness (QED) is 0.901. The van der Waals surface area contributed by atoms with Gasteiger partial charge in [0, 0.05) is 11.8 Å². The van der Waals surface area contributed by atoms with Crippen LogP contribution in [-0.2, 0) is 12.0 Å². The van der Waals surface area contributed by atoms with Gasteiger partial charge >= 0.3 is 0 Å². The van der Waals surface area contributed by atoms with E-state index in [-0.39, 0.29) is 5.54 Å². The van der Waals surface area contributed by atoms with Gasteiger partial charge in [-0.25, -0.2) is 4.98 Å². The van der Waals surface area contributed by atoms with Crippen LogP contribution in [0, 0.1) is 0 Å². The molecule has 1 aromatic heterocycles. The predicted octanol–water partition coefficient (Wildman–Crippen LogP) is 3.07. The lowest BCUT2D eigenvalue weighted by molar-refractivity contribution is 0.252. The second kappa shape index (κ2) is 4.24. The van der Waals surface area contributed by atoms with E-state index in [4.69, 9.17) is 10.7 Å². The molecule has 0 spiro atoms. The lowest BCUT2D eigenvalue weighted by atomic mass is 9.78. The molecule has 3 rings (SSSR count). The van der Waals surface area contributed by atoms with Gasteiger partial charge in [-0.2, -0.15) is 0 Å². The first-order chi connectivity index (χ1) is 8.26. The molecule has 1 aliphatic carbocycles. The molecule has 1 aromatic carbocycles. The van der Waals surface area contributed by atoms with E-state index in [2.05, 4.69) is 29.6 Å². The second-order valence-electron chi connectivity index (χ2n) is 4.82. The number of nitrogens with zero attached hydrogens (tertiary/aromatic N) is 1. The van der Waals surface area contributed by atoms with Gasteiger partial charge in [0.05, 0.1) is 11.2 Å². The Morgan fingerprint density at radius 3 is 2.65 bits per heavy atom. The van der Waals surface area contributed by atoms with Crippen molar-refractivity contribution in [1.29, 1.82) is 0 Å². The highest BCUT2D eigenvalue weighted by molar-refractivity contribution is 7.09. The summed E-state index contributed by atoms with van der Waals surface area (Å²) in [6, 6.07) is 10.5. The van der Waals surface area contributed by atoms with Crippen molar-refractivity contribution in [3.05, 3.63) is 52.0 Å². The van der Waals surface area contributed by atoms with Crippen LogP contribution < -0.4 is 5.73 Å². The number of benzene rings is 1.